The molecule has 0 N–H and O–H groups in total. The maximum absolute atomic E-state index is 10.1. The van der Waals surface area contributed by atoms with E-state index in [2.05, 4.69) is 78.2 Å². The summed E-state index contributed by atoms with van der Waals surface area (Å²) in [6, 6.07) is 22.1. The summed E-state index contributed by atoms with van der Waals surface area (Å²) >= 11 is 0. The number of fused-ring (bicyclic) bond motifs is 1. The van der Waals surface area contributed by atoms with Gasteiger partial charge in [0.1, 0.15) is 0 Å². The van der Waals surface area contributed by atoms with Crippen LogP contribution in [0, 0.1) is 23.2 Å². The number of piperazine rings is 1. The van der Waals surface area contributed by atoms with Gasteiger partial charge in [-0.15, -0.1) is 0 Å². The van der Waals surface area contributed by atoms with Crippen LogP contribution in [0.4, 0.5) is 0 Å². The number of aryl methyl sites for hydroxylation is 1. The lowest BCUT2D eigenvalue weighted by Crippen LogP contribution is -2.48. The van der Waals surface area contributed by atoms with E-state index in [1.54, 1.807) is 11.1 Å². The van der Waals surface area contributed by atoms with Crippen molar-refractivity contribution in [2.45, 2.75) is 51.4 Å². The second-order valence-corrected chi connectivity index (χ2v) is 10.2. The minimum absolute atomic E-state index is 0.312. The first-order chi connectivity index (χ1) is 15.6. The van der Waals surface area contributed by atoms with Crippen molar-refractivity contribution in [2.75, 3.05) is 39.3 Å². The van der Waals surface area contributed by atoms with Gasteiger partial charge in [-0.1, -0.05) is 68.4 Å². The molecule has 4 rings (SSSR count). The summed E-state index contributed by atoms with van der Waals surface area (Å²) in [5, 5.41) is 10.1. The van der Waals surface area contributed by atoms with Crippen molar-refractivity contribution in [3.63, 3.8) is 0 Å². The van der Waals surface area contributed by atoms with E-state index < -0.39 is 0 Å². The summed E-state index contributed by atoms with van der Waals surface area (Å²) in [7, 11) is 0. The molecule has 1 fully saturated rings. The molecule has 2 atom stereocenters. The number of rotatable bonds is 8. The maximum atomic E-state index is 10.1. The van der Waals surface area contributed by atoms with Crippen molar-refractivity contribution in [2.24, 2.45) is 11.8 Å². The van der Waals surface area contributed by atoms with Gasteiger partial charge in [0.05, 0.1) is 11.5 Å². The minimum Gasteiger partial charge on any atom is -0.301 e. The standard InChI is InChI=1S/C29H39N3/c1-24(2)29(23-30,28-11-4-3-5-12-28)15-8-16-31-17-19-32(20-18-31)22-25-13-14-26-9-6-7-10-27(26)21-25/h3-7,9-12,24-25H,8,13-22H2,1-2H3. The normalized spacial score (nSPS) is 21.6. The fraction of sp³-hybridized carbons (Fsp3) is 0.552. The van der Waals surface area contributed by atoms with E-state index in [1.165, 1.54) is 44.5 Å². The quantitative estimate of drug-likeness (QED) is 0.570. The molecule has 0 radical (unpaired) electrons. The highest BCUT2D eigenvalue weighted by molar-refractivity contribution is 5.33. The smallest absolute Gasteiger partial charge is 0.0845 e. The van der Waals surface area contributed by atoms with E-state index in [4.69, 9.17) is 0 Å². The van der Waals surface area contributed by atoms with Gasteiger partial charge in [0.15, 0.2) is 0 Å². The Balaban J connectivity index is 1.23. The van der Waals surface area contributed by atoms with Crippen molar-refractivity contribution < 1.29 is 0 Å². The molecule has 1 saturated heterocycles. The topological polar surface area (TPSA) is 30.3 Å². The van der Waals surface area contributed by atoms with E-state index in [9.17, 15) is 5.26 Å². The average Bonchev–Trinajstić information content (AvgIpc) is 2.83. The van der Waals surface area contributed by atoms with Crippen molar-refractivity contribution >= 4 is 0 Å². The fourth-order valence-electron chi connectivity index (χ4n) is 5.82. The van der Waals surface area contributed by atoms with Crippen molar-refractivity contribution in [1.29, 1.82) is 5.26 Å². The first kappa shape index (κ1) is 23.0. The van der Waals surface area contributed by atoms with Crippen LogP contribution < -0.4 is 0 Å². The molecule has 0 aromatic heterocycles. The highest BCUT2D eigenvalue weighted by Gasteiger charge is 2.35. The van der Waals surface area contributed by atoms with Crippen LogP contribution in [-0.2, 0) is 18.3 Å². The van der Waals surface area contributed by atoms with Gasteiger partial charge < -0.3 is 9.80 Å². The van der Waals surface area contributed by atoms with Gasteiger partial charge in [0.2, 0.25) is 0 Å². The molecule has 3 nitrogen and oxygen atoms in total. The Morgan fingerprint density at radius 3 is 2.28 bits per heavy atom. The Labute approximate surface area is 195 Å². The van der Waals surface area contributed by atoms with Crippen molar-refractivity contribution in [3.05, 3.63) is 71.3 Å². The maximum Gasteiger partial charge on any atom is 0.0845 e. The van der Waals surface area contributed by atoms with Crippen LogP contribution in [0.5, 0.6) is 0 Å². The van der Waals surface area contributed by atoms with Crippen LogP contribution in [-0.4, -0.2) is 49.1 Å². The van der Waals surface area contributed by atoms with E-state index in [0.717, 1.165) is 38.4 Å². The van der Waals surface area contributed by atoms with Gasteiger partial charge in [-0.25, -0.2) is 0 Å². The predicted octanol–water partition coefficient (Wildman–Crippen LogP) is 5.31. The lowest BCUT2D eigenvalue weighted by atomic mass is 9.70. The van der Waals surface area contributed by atoms with Gasteiger partial charge in [-0.05, 0) is 67.2 Å². The monoisotopic (exact) mass is 429 g/mol. The van der Waals surface area contributed by atoms with Crippen LogP contribution in [0.25, 0.3) is 0 Å². The Kier molecular flexibility index (Phi) is 7.66. The van der Waals surface area contributed by atoms with Crippen LogP contribution in [0.15, 0.2) is 54.6 Å². The molecule has 0 bridgehead atoms. The molecule has 32 heavy (non-hydrogen) atoms. The van der Waals surface area contributed by atoms with Crippen molar-refractivity contribution in [1.82, 2.24) is 9.80 Å². The molecule has 0 amide bonds. The molecule has 1 heterocycles. The second-order valence-electron chi connectivity index (χ2n) is 10.2. The molecule has 2 aromatic rings. The number of benzene rings is 2. The number of nitriles is 1. The van der Waals surface area contributed by atoms with Crippen LogP contribution in [0.2, 0.25) is 0 Å². The van der Waals surface area contributed by atoms with Crippen LogP contribution >= 0.6 is 0 Å². The fourth-order valence-corrected chi connectivity index (χ4v) is 5.82. The molecule has 2 aromatic carbocycles. The molecule has 3 heteroatoms. The third-order valence-corrected chi connectivity index (χ3v) is 7.95. The molecule has 170 valence electrons. The molecular weight excluding hydrogens is 390 g/mol. The highest BCUT2D eigenvalue weighted by atomic mass is 15.3. The zero-order valence-corrected chi connectivity index (χ0v) is 20.0. The lowest BCUT2D eigenvalue weighted by Gasteiger charge is -2.38. The Hall–Kier alpha value is -2.15. The van der Waals surface area contributed by atoms with Crippen molar-refractivity contribution in [3.8, 4) is 6.07 Å². The largest absolute Gasteiger partial charge is 0.301 e. The summed E-state index contributed by atoms with van der Waals surface area (Å²) in [5.41, 5.74) is 3.95. The number of hydrogen-bond donors (Lipinski definition) is 0. The highest BCUT2D eigenvalue weighted by Crippen LogP contribution is 2.36. The first-order valence-electron chi connectivity index (χ1n) is 12.6. The van der Waals surface area contributed by atoms with Gasteiger partial charge >= 0.3 is 0 Å². The van der Waals surface area contributed by atoms with Gasteiger partial charge in [-0.2, -0.15) is 5.26 Å². The third kappa shape index (κ3) is 5.25. The summed E-state index contributed by atoms with van der Waals surface area (Å²) in [5.74, 6) is 1.12. The summed E-state index contributed by atoms with van der Waals surface area (Å²) in [6.45, 7) is 11.4. The SMILES string of the molecule is CC(C)C(C#N)(CCCN1CCN(CC2CCc3ccccc3C2)CC1)c1ccccc1. The van der Waals surface area contributed by atoms with Gasteiger partial charge in [0, 0.05) is 32.7 Å². The van der Waals surface area contributed by atoms with E-state index >= 15 is 0 Å². The number of hydrogen-bond acceptors (Lipinski definition) is 3. The summed E-state index contributed by atoms with van der Waals surface area (Å²) < 4.78 is 0. The third-order valence-electron chi connectivity index (χ3n) is 7.95. The van der Waals surface area contributed by atoms with Gasteiger partial charge in [0.25, 0.3) is 0 Å². The average molecular weight is 430 g/mol. The molecule has 2 aliphatic rings. The number of nitrogens with zero attached hydrogens (tertiary/aromatic N) is 3. The molecule has 2 unspecified atom stereocenters. The molecule has 1 aliphatic carbocycles. The zero-order valence-electron chi connectivity index (χ0n) is 20.0. The lowest BCUT2D eigenvalue weighted by molar-refractivity contribution is 0.112. The molecular formula is C29H39N3. The van der Waals surface area contributed by atoms with E-state index in [0.29, 0.717) is 5.92 Å². The van der Waals surface area contributed by atoms with E-state index in [-0.39, 0.29) is 5.41 Å². The molecule has 0 saturated carbocycles. The Morgan fingerprint density at radius 2 is 1.59 bits per heavy atom. The summed E-state index contributed by atoms with van der Waals surface area (Å²) in [6.07, 6.45) is 5.86. The second kappa shape index (κ2) is 10.6. The minimum atomic E-state index is -0.375. The first-order valence-corrected chi connectivity index (χ1v) is 12.6. The molecule has 0 spiro atoms. The molecule has 1 aliphatic heterocycles. The predicted molar refractivity (Wildman–Crippen MR) is 133 cm³/mol. The zero-order chi connectivity index (χ0) is 22.4. The Morgan fingerprint density at radius 1 is 0.938 bits per heavy atom. The van der Waals surface area contributed by atoms with Crippen LogP contribution in [0.3, 0.4) is 0 Å². The van der Waals surface area contributed by atoms with E-state index in [1.807, 2.05) is 6.07 Å². The van der Waals surface area contributed by atoms with Gasteiger partial charge in [-0.3, -0.25) is 0 Å². The summed E-state index contributed by atoms with van der Waals surface area (Å²) in [4.78, 5) is 5.30. The van der Waals surface area contributed by atoms with Crippen LogP contribution in [0.1, 0.15) is 49.8 Å². The Bertz CT molecular complexity index is 892.